The highest BCUT2D eigenvalue weighted by Crippen LogP contribution is 2.35. The minimum Gasteiger partial charge on any atom is -0.497 e. The Morgan fingerprint density at radius 3 is 2.52 bits per heavy atom. The summed E-state index contributed by atoms with van der Waals surface area (Å²) in [7, 11) is 0.0647. The number of aliphatic imine (C=N–C) groups is 1. The van der Waals surface area contributed by atoms with E-state index in [-0.39, 0.29) is 24.2 Å². The van der Waals surface area contributed by atoms with Crippen molar-refractivity contribution < 1.29 is 24.4 Å². The zero-order chi connectivity index (χ0) is 37.8. The largest absolute Gasteiger partial charge is 0.497 e. The molecule has 7 rings (SSSR count). The summed E-state index contributed by atoms with van der Waals surface area (Å²) in [5, 5.41) is 31.4. The summed E-state index contributed by atoms with van der Waals surface area (Å²) < 4.78 is 7.53. The van der Waals surface area contributed by atoms with Crippen molar-refractivity contribution in [3.8, 4) is 11.4 Å². The second kappa shape index (κ2) is 16.2. The van der Waals surface area contributed by atoms with Gasteiger partial charge in [0.15, 0.2) is 5.82 Å². The molecule has 1 aromatic heterocycles. The van der Waals surface area contributed by atoms with Crippen molar-refractivity contribution in [2.75, 3.05) is 20.2 Å². The van der Waals surface area contributed by atoms with Crippen LogP contribution in [0, 0.1) is 6.92 Å². The number of ether oxygens (including phenoxy) is 1. The molecule has 2 aliphatic rings. The first-order valence-corrected chi connectivity index (χ1v) is 18.3. The molecule has 0 aliphatic carbocycles. The van der Waals surface area contributed by atoms with E-state index in [9.17, 15) is 19.6 Å². The Labute approximate surface area is 319 Å². The smallest absolute Gasteiger partial charge is 0.488 e. The van der Waals surface area contributed by atoms with Crippen LogP contribution in [0.3, 0.4) is 0 Å². The van der Waals surface area contributed by atoms with Gasteiger partial charge < -0.3 is 25.0 Å². The molecule has 0 saturated carbocycles. The molecule has 0 bridgehead atoms. The second-order valence-electron chi connectivity index (χ2n) is 13.5. The number of methoxy groups -OCH3 is 1. The van der Waals surface area contributed by atoms with Gasteiger partial charge in [0.25, 0.3) is 0 Å². The van der Waals surface area contributed by atoms with Gasteiger partial charge in [0, 0.05) is 41.9 Å². The topological polar surface area (TPSA) is 142 Å². The van der Waals surface area contributed by atoms with E-state index in [2.05, 4.69) is 27.6 Å². The fourth-order valence-electron chi connectivity index (χ4n) is 7.11. The molecule has 1 fully saturated rings. The third-order valence-electron chi connectivity index (χ3n) is 9.97. The highest BCUT2D eigenvalue weighted by atomic mass is 35.5. The van der Waals surface area contributed by atoms with Gasteiger partial charge in [-0.25, -0.2) is 0 Å². The van der Waals surface area contributed by atoms with Gasteiger partial charge in [-0.1, -0.05) is 72.3 Å². The number of aromatic nitrogens is 3. The number of piperidine rings is 1. The highest BCUT2D eigenvalue weighted by Gasteiger charge is 2.30. The van der Waals surface area contributed by atoms with Crippen molar-refractivity contribution in [2.24, 2.45) is 4.99 Å². The van der Waals surface area contributed by atoms with E-state index in [1.165, 1.54) is 11.6 Å². The molecule has 54 heavy (non-hydrogen) atoms. The maximum absolute atomic E-state index is 13.6. The first-order valence-electron chi connectivity index (χ1n) is 17.9. The molecule has 1 atom stereocenters. The van der Waals surface area contributed by atoms with E-state index < -0.39 is 13.2 Å². The number of carbonyl (C=O) groups excluding carboxylic acids is 2. The number of benzene rings is 4. The van der Waals surface area contributed by atoms with Crippen LogP contribution in [0.2, 0.25) is 5.02 Å². The van der Waals surface area contributed by atoms with Gasteiger partial charge in [-0.15, -0.1) is 10.2 Å². The first kappa shape index (κ1) is 36.8. The van der Waals surface area contributed by atoms with E-state index in [4.69, 9.17) is 21.3 Å². The quantitative estimate of drug-likeness (QED) is 0.136. The fraction of sp³-hybridized carbons (Fsp3) is 0.244. The molecule has 0 unspecified atom stereocenters. The lowest BCUT2D eigenvalue weighted by Crippen LogP contribution is -2.36. The zero-order valence-corrected chi connectivity index (χ0v) is 30.8. The third kappa shape index (κ3) is 8.16. The van der Waals surface area contributed by atoms with Gasteiger partial charge in [0.1, 0.15) is 17.6 Å². The van der Waals surface area contributed by atoms with Crippen LogP contribution in [0.4, 0.5) is 0 Å². The van der Waals surface area contributed by atoms with Gasteiger partial charge in [-0.05, 0) is 84.2 Å². The second-order valence-corrected chi connectivity index (χ2v) is 14.0. The third-order valence-corrected chi connectivity index (χ3v) is 10.2. The van der Waals surface area contributed by atoms with Crippen molar-refractivity contribution in [3.63, 3.8) is 0 Å². The lowest BCUT2D eigenvalue weighted by molar-refractivity contribution is -0.127. The number of halogens is 1. The Bertz CT molecular complexity index is 2230. The number of aryl methyl sites for hydroxylation is 1. The average Bonchev–Trinajstić information content (AvgIpc) is 3.52. The Hall–Kier alpha value is -5.56. The molecule has 3 N–H and O–H groups in total. The number of nitrogens with one attached hydrogen (secondary N) is 1. The summed E-state index contributed by atoms with van der Waals surface area (Å²) in [5.41, 5.74) is 6.50. The number of hydrogen-bond acceptors (Lipinski definition) is 8. The summed E-state index contributed by atoms with van der Waals surface area (Å²) in [6.45, 7) is 3.50. The van der Waals surface area contributed by atoms with Crippen LogP contribution in [0.25, 0.3) is 11.8 Å². The van der Waals surface area contributed by atoms with Crippen LogP contribution in [0.15, 0.2) is 102 Å². The van der Waals surface area contributed by atoms with E-state index in [0.29, 0.717) is 53.2 Å². The van der Waals surface area contributed by atoms with Crippen molar-refractivity contribution in [3.05, 3.63) is 142 Å². The zero-order valence-electron chi connectivity index (χ0n) is 30.0. The summed E-state index contributed by atoms with van der Waals surface area (Å²) in [5.74, 6) is 1.99. The maximum Gasteiger partial charge on any atom is 0.488 e. The van der Waals surface area contributed by atoms with Gasteiger partial charge in [-0.2, -0.15) is 0 Å². The number of hydrogen-bond donors (Lipinski definition) is 3. The van der Waals surface area contributed by atoms with Crippen LogP contribution in [-0.4, -0.2) is 74.6 Å². The number of carbonyl (C=O) groups is 2. The van der Waals surface area contributed by atoms with E-state index in [1.54, 1.807) is 31.4 Å². The van der Waals surface area contributed by atoms with Crippen LogP contribution in [0.5, 0.6) is 5.75 Å². The van der Waals surface area contributed by atoms with E-state index >= 15 is 0 Å². The molecule has 3 heterocycles. The minimum absolute atomic E-state index is 0.0653. The number of amides is 2. The number of nitrogens with zero attached hydrogens (tertiary/aromatic N) is 5. The molecule has 13 heteroatoms. The molecule has 1 saturated heterocycles. The Balaban J connectivity index is 1.01. The standard InChI is InChI=1S/C41H40BClN6O5/c1-26-46-47-41-36(45-40(30-10-12-33(43)13-11-30)35-23-34(54-2)14-15-37(35)49(26)41)24-38(50)44-25-28-6-3-7-31(21-28)29-17-19-48(20-18-29)39(51)16-9-27-5-4-8-32(22-27)42(52)53/h3-16,21-23,29,36,52-53H,17-20,24-25H2,1-2H3,(H,44,50)/b16-9+/t36-/m0/s1. The summed E-state index contributed by atoms with van der Waals surface area (Å²) in [4.78, 5) is 33.5. The Kier molecular flexibility index (Phi) is 11.0. The van der Waals surface area contributed by atoms with Crippen LogP contribution >= 0.6 is 11.6 Å². The lowest BCUT2D eigenvalue weighted by atomic mass is 9.79. The Morgan fingerprint density at radius 2 is 1.76 bits per heavy atom. The molecule has 4 aromatic carbocycles. The van der Waals surface area contributed by atoms with Crippen molar-refractivity contribution >= 4 is 47.8 Å². The van der Waals surface area contributed by atoms with Crippen molar-refractivity contribution in [1.82, 2.24) is 25.0 Å². The summed E-state index contributed by atoms with van der Waals surface area (Å²) in [6.07, 6.45) is 4.94. The fourth-order valence-corrected chi connectivity index (χ4v) is 7.24. The molecule has 274 valence electrons. The first-order chi connectivity index (χ1) is 26.2. The predicted octanol–water partition coefficient (Wildman–Crippen LogP) is 4.94. The van der Waals surface area contributed by atoms with Gasteiger partial charge >= 0.3 is 7.12 Å². The van der Waals surface area contributed by atoms with E-state index in [1.807, 2.05) is 77.1 Å². The summed E-state index contributed by atoms with van der Waals surface area (Å²) >= 11 is 6.24. The molecule has 2 amide bonds. The van der Waals surface area contributed by atoms with E-state index in [0.717, 1.165) is 40.8 Å². The van der Waals surface area contributed by atoms with Crippen LogP contribution < -0.4 is 15.5 Å². The Morgan fingerprint density at radius 1 is 0.981 bits per heavy atom. The van der Waals surface area contributed by atoms with Gasteiger partial charge in [-0.3, -0.25) is 19.1 Å². The van der Waals surface area contributed by atoms with Crippen molar-refractivity contribution in [1.29, 1.82) is 0 Å². The van der Waals surface area contributed by atoms with Crippen LogP contribution in [-0.2, 0) is 16.1 Å². The number of rotatable bonds is 10. The SMILES string of the molecule is COc1ccc2c(c1)C(c1ccc(Cl)cc1)=N[C@@H](CC(=O)NCc1cccc(C3CCN(C(=O)/C=C/c4cccc(B(O)O)c4)CC3)c1)c1nnc(C)n1-2. The predicted molar refractivity (Wildman–Crippen MR) is 209 cm³/mol. The van der Waals surface area contributed by atoms with Gasteiger partial charge in [0.05, 0.1) is 24.9 Å². The lowest BCUT2D eigenvalue weighted by Gasteiger charge is -2.31. The highest BCUT2D eigenvalue weighted by molar-refractivity contribution is 6.58. The number of fused-ring (bicyclic) bond motifs is 3. The van der Waals surface area contributed by atoms with Gasteiger partial charge in [0.2, 0.25) is 11.8 Å². The molecule has 0 radical (unpaired) electrons. The molecule has 5 aromatic rings. The maximum atomic E-state index is 13.6. The average molecular weight is 743 g/mol. The normalized spacial score (nSPS) is 15.6. The monoisotopic (exact) mass is 742 g/mol. The number of likely N-dealkylation sites (tertiary alicyclic amines) is 1. The minimum atomic E-state index is -1.56. The summed E-state index contributed by atoms with van der Waals surface area (Å²) in [6, 6.07) is 27.7. The molecular weight excluding hydrogens is 703 g/mol. The molecular formula is C41H40BClN6O5. The van der Waals surface area contributed by atoms with Crippen molar-refractivity contribution in [2.45, 2.75) is 44.7 Å². The molecule has 0 spiro atoms. The molecule has 11 nitrogen and oxygen atoms in total. The molecule has 2 aliphatic heterocycles. The van der Waals surface area contributed by atoms with Crippen LogP contribution in [0.1, 0.15) is 70.7 Å².